The van der Waals surface area contributed by atoms with Gasteiger partial charge in [-0.15, -0.1) is 0 Å². The second-order valence-electron chi connectivity index (χ2n) is 3.40. The van der Waals surface area contributed by atoms with Crippen molar-refractivity contribution in [3.63, 3.8) is 0 Å². The molecule has 0 bridgehead atoms. The van der Waals surface area contributed by atoms with Gasteiger partial charge in [-0.2, -0.15) is 0 Å². The fraction of sp³-hybridized carbons (Fsp3) is 1.00. The van der Waals surface area contributed by atoms with Gasteiger partial charge in [0.05, 0.1) is 0 Å². The molecule has 0 radical (unpaired) electrons. The molecule has 3 nitrogen and oxygen atoms in total. The quantitative estimate of drug-likeness (QED) is 0.597. The van der Waals surface area contributed by atoms with Crippen LogP contribution in [0.2, 0.25) is 0 Å². The molecule has 66 valence electrons. The van der Waals surface area contributed by atoms with Crippen molar-refractivity contribution in [2.45, 2.75) is 31.8 Å². The maximum Gasteiger partial charge on any atom is 0.0445 e. The van der Waals surface area contributed by atoms with Crippen molar-refractivity contribution < 1.29 is 5.11 Å². The van der Waals surface area contributed by atoms with Crippen LogP contribution in [0.15, 0.2) is 0 Å². The third-order valence-corrected chi connectivity index (χ3v) is 2.43. The van der Waals surface area contributed by atoms with Crippen molar-refractivity contribution >= 4 is 0 Å². The summed E-state index contributed by atoms with van der Waals surface area (Å²) in [5.74, 6) is 0. The second-order valence-corrected chi connectivity index (χ2v) is 3.40. The molecule has 2 atom stereocenters. The highest BCUT2D eigenvalue weighted by atomic mass is 16.3. The molecule has 1 aliphatic rings. The van der Waals surface area contributed by atoms with E-state index in [4.69, 9.17) is 10.8 Å². The van der Waals surface area contributed by atoms with Gasteiger partial charge in [-0.3, -0.25) is 4.90 Å². The Hall–Kier alpha value is -0.120. The molecule has 0 aromatic heterocycles. The number of hydrogen-bond acceptors (Lipinski definition) is 3. The van der Waals surface area contributed by atoms with Gasteiger partial charge in [0.2, 0.25) is 0 Å². The van der Waals surface area contributed by atoms with Crippen LogP contribution >= 0.6 is 0 Å². The first-order valence-electron chi connectivity index (χ1n) is 4.34. The van der Waals surface area contributed by atoms with E-state index in [0.29, 0.717) is 12.1 Å². The van der Waals surface area contributed by atoms with Crippen molar-refractivity contribution in [2.75, 3.05) is 19.7 Å². The lowest BCUT2D eigenvalue weighted by Gasteiger charge is -2.22. The van der Waals surface area contributed by atoms with Gasteiger partial charge in [-0.1, -0.05) is 0 Å². The third-order valence-electron chi connectivity index (χ3n) is 2.43. The molecule has 1 aliphatic heterocycles. The van der Waals surface area contributed by atoms with E-state index in [0.717, 1.165) is 25.9 Å². The number of nitrogens with two attached hydrogens (primary N) is 1. The van der Waals surface area contributed by atoms with Crippen LogP contribution < -0.4 is 5.73 Å². The average Bonchev–Trinajstić information content (AvgIpc) is 2.36. The zero-order chi connectivity index (χ0) is 8.27. The lowest BCUT2D eigenvalue weighted by atomic mass is 10.2. The Bertz CT molecular complexity index is 119. The Morgan fingerprint density at radius 3 is 2.91 bits per heavy atom. The third kappa shape index (κ3) is 2.43. The maximum atomic E-state index is 8.70. The molecule has 1 heterocycles. The van der Waals surface area contributed by atoms with E-state index in [9.17, 15) is 0 Å². The number of likely N-dealkylation sites (tertiary alicyclic amines) is 1. The molecule has 0 saturated carbocycles. The SMILES string of the molecule is C[C@H](CCO)N1CCC(N)C1. The number of rotatable bonds is 3. The van der Waals surface area contributed by atoms with Crippen LogP contribution in [0.1, 0.15) is 19.8 Å². The van der Waals surface area contributed by atoms with Crippen LogP contribution in [0.4, 0.5) is 0 Å². The summed E-state index contributed by atoms with van der Waals surface area (Å²) in [5.41, 5.74) is 5.75. The summed E-state index contributed by atoms with van der Waals surface area (Å²) in [5, 5.41) is 8.70. The van der Waals surface area contributed by atoms with Gasteiger partial charge in [0.25, 0.3) is 0 Å². The summed E-state index contributed by atoms with van der Waals surface area (Å²) >= 11 is 0. The molecule has 0 spiro atoms. The van der Waals surface area contributed by atoms with Gasteiger partial charge in [-0.05, 0) is 19.8 Å². The van der Waals surface area contributed by atoms with Crippen LogP contribution in [0.25, 0.3) is 0 Å². The van der Waals surface area contributed by atoms with Crippen molar-refractivity contribution in [2.24, 2.45) is 5.73 Å². The van der Waals surface area contributed by atoms with E-state index >= 15 is 0 Å². The molecule has 3 N–H and O–H groups in total. The van der Waals surface area contributed by atoms with Crippen LogP contribution in [0.5, 0.6) is 0 Å². The van der Waals surface area contributed by atoms with E-state index < -0.39 is 0 Å². The summed E-state index contributed by atoms with van der Waals surface area (Å²) in [6, 6.07) is 0.852. The minimum Gasteiger partial charge on any atom is -0.396 e. The minimum absolute atomic E-state index is 0.285. The number of aliphatic hydroxyl groups is 1. The van der Waals surface area contributed by atoms with Gasteiger partial charge in [0.15, 0.2) is 0 Å². The van der Waals surface area contributed by atoms with E-state index in [-0.39, 0.29) is 6.61 Å². The fourth-order valence-electron chi connectivity index (χ4n) is 1.59. The highest BCUT2D eigenvalue weighted by molar-refractivity contribution is 4.81. The number of aliphatic hydroxyl groups excluding tert-OH is 1. The molecule has 1 unspecified atom stereocenters. The zero-order valence-corrected chi connectivity index (χ0v) is 7.16. The molecule has 0 aromatic rings. The fourth-order valence-corrected chi connectivity index (χ4v) is 1.59. The Kier molecular flexibility index (Phi) is 3.30. The first-order chi connectivity index (χ1) is 5.24. The molecule has 0 aromatic carbocycles. The average molecular weight is 158 g/mol. The molecular formula is C8H18N2O. The highest BCUT2D eigenvalue weighted by Gasteiger charge is 2.22. The van der Waals surface area contributed by atoms with Gasteiger partial charge in [-0.25, -0.2) is 0 Å². The van der Waals surface area contributed by atoms with Crippen LogP contribution in [0.3, 0.4) is 0 Å². The first kappa shape index (κ1) is 8.97. The summed E-state index contributed by atoms with van der Waals surface area (Å²) in [4.78, 5) is 2.35. The summed E-state index contributed by atoms with van der Waals surface area (Å²) in [6.07, 6.45) is 1.97. The smallest absolute Gasteiger partial charge is 0.0445 e. The van der Waals surface area contributed by atoms with E-state index in [1.54, 1.807) is 0 Å². The van der Waals surface area contributed by atoms with Crippen molar-refractivity contribution in [1.82, 2.24) is 4.90 Å². The molecule has 1 rings (SSSR count). The molecule has 11 heavy (non-hydrogen) atoms. The van der Waals surface area contributed by atoms with Gasteiger partial charge >= 0.3 is 0 Å². The van der Waals surface area contributed by atoms with Crippen LogP contribution in [-0.2, 0) is 0 Å². The predicted molar refractivity (Wildman–Crippen MR) is 45.3 cm³/mol. The lowest BCUT2D eigenvalue weighted by molar-refractivity contribution is 0.194. The monoisotopic (exact) mass is 158 g/mol. The van der Waals surface area contributed by atoms with E-state index in [1.807, 2.05) is 0 Å². The molecule has 0 amide bonds. The normalized spacial score (nSPS) is 29.2. The molecule has 0 aliphatic carbocycles. The summed E-state index contributed by atoms with van der Waals surface area (Å²) in [7, 11) is 0. The van der Waals surface area contributed by atoms with Crippen molar-refractivity contribution in [3.05, 3.63) is 0 Å². The van der Waals surface area contributed by atoms with Crippen LogP contribution in [0, 0.1) is 0 Å². The van der Waals surface area contributed by atoms with E-state index in [2.05, 4.69) is 11.8 Å². The van der Waals surface area contributed by atoms with E-state index in [1.165, 1.54) is 0 Å². The van der Waals surface area contributed by atoms with Gasteiger partial charge in [0.1, 0.15) is 0 Å². The molecule has 1 saturated heterocycles. The molecule has 3 heteroatoms. The summed E-state index contributed by atoms with van der Waals surface area (Å²) in [6.45, 7) is 4.53. The zero-order valence-electron chi connectivity index (χ0n) is 7.16. The predicted octanol–water partition coefficient (Wildman–Crippen LogP) is -0.210. The minimum atomic E-state index is 0.285. The largest absolute Gasteiger partial charge is 0.396 e. The van der Waals surface area contributed by atoms with Crippen LogP contribution in [-0.4, -0.2) is 41.8 Å². The molecular weight excluding hydrogens is 140 g/mol. The lowest BCUT2D eigenvalue weighted by Crippen LogP contribution is -2.34. The first-order valence-corrected chi connectivity index (χ1v) is 4.34. The number of nitrogens with zero attached hydrogens (tertiary/aromatic N) is 1. The Labute approximate surface area is 68.2 Å². The Morgan fingerprint density at radius 2 is 2.45 bits per heavy atom. The Balaban J connectivity index is 2.25. The maximum absolute atomic E-state index is 8.70. The summed E-state index contributed by atoms with van der Waals surface area (Å²) < 4.78 is 0. The van der Waals surface area contributed by atoms with Crippen molar-refractivity contribution in [1.29, 1.82) is 0 Å². The second kappa shape index (κ2) is 4.04. The van der Waals surface area contributed by atoms with Gasteiger partial charge in [0, 0.05) is 31.8 Å². The topological polar surface area (TPSA) is 49.5 Å². The standard InChI is InChI=1S/C8H18N2O/c1-7(3-5-11)10-4-2-8(9)6-10/h7-8,11H,2-6,9H2,1H3/t7-,8?/m1/s1. The Morgan fingerprint density at radius 1 is 1.73 bits per heavy atom. The van der Waals surface area contributed by atoms with Crippen molar-refractivity contribution in [3.8, 4) is 0 Å². The highest BCUT2D eigenvalue weighted by Crippen LogP contribution is 2.12. The number of hydrogen-bond donors (Lipinski definition) is 2. The molecule has 1 fully saturated rings. The van der Waals surface area contributed by atoms with Gasteiger partial charge < -0.3 is 10.8 Å².